The van der Waals surface area contributed by atoms with Gasteiger partial charge in [0.05, 0.1) is 11.0 Å². The minimum Gasteiger partial charge on any atom is -0.455 e. The molecule has 0 aliphatic heterocycles. The summed E-state index contributed by atoms with van der Waals surface area (Å²) in [5, 5.41) is 4.67. The fourth-order valence-corrected chi connectivity index (χ4v) is 5.65. The minimum atomic E-state index is 0.909. The molecular formula is C35H22N2O. The lowest BCUT2D eigenvalue weighted by atomic mass is 9.94. The highest BCUT2D eigenvalue weighted by molar-refractivity contribution is 6.18. The average Bonchev–Trinajstić information content (AvgIpc) is 3.55. The number of para-hydroxylation sites is 4. The van der Waals surface area contributed by atoms with Gasteiger partial charge in [-0.05, 0) is 52.7 Å². The Morgan fingerprint density at radius 2 is 1.24 bits per heavy atom. The summed E-state index contributed by atoms with van der Waals surface area (Å²) in [5.41, 5.74) is 8.31. The topological polar surface area (TPSA) is 31.0 Å². The quantitative estimate of drug-likeness (QED) is 0.249. The Kier molecular flexibility index (Phi) is 4.52. The highest BCUT2D eigenvalue weighted by Gasteiger charge is 2.18. The second-order valence-electron chi connectivity index (χ2n) is 9.62. The average molecular weight is 487 g/mol. The van der Waals surface area contributed by atoms with Gasteiger partial charge in [0, 0.05) is 27.6 Å². The summed E-state index contributed by atoms with van der Waals surface area (Å²) in [6, 6.07) is 46.5. The van der Waals surface area contributed by atoms with Crippen LogP contribution in [0, 0.1) is 0 Å². The lowest BCUT2D eigenvalue weighted by Gasteiger charge is -2.11. The van der Waals surface area contributed by atoms with Gasteiger partial charge >= 0.3 is 0 Å². The second kappa shape index (κ2) is 8.19. The molecule has 2 heterocycles. The molecule has 6 aromatic carbocycles. The summed E-state index contributed by atoms with van der Waals surface area (Å²) in [6.07, 6.45) is 0. The number of nitrogens with zero attached hydrogens (tertiary/aromatic N) is 2. The van der Waals surface area contributed by atoms with Crippen molar-refractivity contribution in [2.75, 3.05) is 0 Å². The van der Waals surface area contributed by atoms with E-state index in [0.717, 1.165) is 61.2 Å². The summed E-state index contributed by atoms with van der Waals surface area (Å²) in [6.45, 7) is 0. The predicted molar refractivity (Wildman–Crippen MR) is 157 cm³/mol. The molecule has 0 amide bonds. The number of hydrogen-bond acceptors (Lipinski definition) is 2. The van der Waals surface area contributed by atoms with Crippen molar-refractivity contribution in [1.82, 2.24) is 9.55 Å². The molecule has 0 bridgehead atoms. The van der Waals surface area contributed by atoms with Crippen LogP contribution < -0.4 is 0 Å². The van der Waals surface area contributed by atoms with Crippen LogP contribution in [0.2, 0.25) is 0 Å². The normalized spacial score (nSPS) is 11.7. The number of benzene rings is 6. The molecule has 0 saturated heterocycles. The molecule has 8 aromatic rings. The Labute approximate surface area is 219 Å². The van der Waals surface area contributed by atoms with Gasteiger partial charge < -0.3 is 4.42 Å². The first kappa shape index (κ1) is 21.0. The molecule has 8 rings (SSSR count). The monoisotopic (exact) mass is 486 g/mol. The van der Waals surface area contributed by atoms with Gasteiger partial charge in [-0.1, -0.05) is 97.1 Å². The van der Waals surface area contributed by atoms with Gasteiger partial charge in [-0.3, -0.25) is 4.57 Å². The third-order valence-electron chi connectivity index (χ3n) is 7.40. The van der Waals surface area contributed by atoms with Crippen LogP contribution in [0.15, 0.2) is 138 Å². The molecule has 0 atom stereocenters. The smallest absolute Gasteiger partial charge is 0.145 e. The summed E-state index contributed by atoms with van der Waals surface area (Å²) in [7, 11) is 0. The fraction of sp³-hybridized carbons (Fsp3) is 0. The minimum absolute atomic E-state index is 0.909. The molecule has 2 aromatic heterocycles. The maximum absolute atomic E-state index is 6.46. The maximum Gasteiger partial charge on any atom is 0.145 e. The molecule has 0 aliphatic rings. The summed E-state index contributed by atoms with van der Waals surface area (Å²) in [4.78, 5) is 5.03. The van der Waals surface area contributed by atoms with Crippen LogP contribution in [-0.4, -0.2) is 9.55 Å². The molecule has 0 spiro atoms. The van der Waals surface area contributed by atoms with Gasteiger partial charge in [0.1, 0.15) is 17.0 Å². The third kappa shape index (κ3) is 3.12. The Bertz CT molecular complexity index is 2120. The van der Waals surface area contributed by atoms with Crippen molar-refractivity contribution in [2.24, 2.45) is 0 Å². The zero-order chi connectivity index (χ0) is 25.1. The molecule has 38 heavy (non-hydrogen) atoms. The second-order valence-corrected chi connectivity index (χ2v) is 9.62. The zero-order valence-electron chi connectivity index (χ0n) is 20.5. The van der Waals surface area contributed by atoms with Crippen molar-refractivity contribution < 1.29 is 4.42 Å². The Morgan fingerprint density at radius 1 is 0.553 bits per heavy atom. The van der Waals surface area contributed by atoms with Crippen molar-refractivity contribution in [2.45, 2.75) is 0 Å². The van der Waals surface area contributed by atoms with E-state index in [4.69, 9.17) is 9.40 Å². The lowest BCUT2D eigenvalue weighted by molar-refractivity contribution is 0.670. The first-order valence-electron chi connectivity index (χ1n) is 12.8. The standard InChI is InChI=1S/C35H22N2O/c1-2-11-26(12-3-1)37-31-16-8-7-15-30(31)36-35(37)24-20-18-23(19-21-24)33-27-13-5-4-10-25(27)22-29-28-14-6-9-17-32(28)38-34(29)33/h1-22H. The van der Waals surface area contributed by atoms with Crippen molar-refractivity contribution in [3.63, 3.8) is 0 Å². The van der Waals surface area contributed by atoms with Crippen LogP contribution in [-0.2, 0) is 0 Å². The van der Waals surface area contributed by atoms with Crippen LogP contribution in [0.3, 0.4) is 0 Å². The molecule has 0 aliphatic carbocycles. The van der Waals surface area contributed by atoms with E-state index in [9.17, 15) is 0 Å². The number of imidazole rings is 1. The van der Waals surface area contributed by atoms with Crippen LogP contribution in [0.5, 0.6) is 0 Å². The number of furan rings is 1. The fourth-order valence-electron chi connectivity index (χ4n) is 5.65. The van der Waals surface area contributed by atoms with Crippen LogP contribution >= 0.6 is 0 Å². The SMILES string of the molecule is c1ccc(-n2c(-c3ccc(-c4c5ccccc5cc5c4oc4ccccc45)cc3)nc3ccccc32)cc1. The van der Waals surface area contributed by atoms with Gasteiger partial charge in [-0.15, -0.1) is 0 Å². The van der Waals surface area contributed by atoms with E-state index < -0.39 is 0 Å². The third-order valence-corrected chi connectivity index (χ3v) is 7.40. The van der Waals surface area contributed by atoms with Gasteiger partial charge in [0.2, 0.25) is 0 Å². The Morgan fingerprint density at radius 3 is 2.11 bits per heavy atom. The predicted octanol–water partition coefficient (Wildman–Crippen LogP) is 9.41. The Hall–Kier alpha value is -5.15. The molecule has 0 saturated carbocycles. The van der Waals surface area contributed by atoms with E-state index in [0.29, 0.717) is 0 Å². The number of fused-ring (bicyclic) bond motifs is 5. The molecular weight excluding hydrogens is 464 g/mol. The van der Waals surface area contributed by atoms with Crippen molar-refractivity contribution in [1.29, 1.82) is 0 Å². The van der Waals surface area contributed by atoms with Gasteiger partial charge in [0.25, 0.3) is 0 Å². The van der Waals surface area contributed by atoms with E-state index in [-0.39, 0.29) is 0 Å². The van der Waals surface area contributed by atoms with Crippen molar-refractivity contribution >= 4 is 43.7 Å². The molecule has 0 fully saturated rings. The van der Waals surface area contributed by atoms with E-state index in [1.54, 1.807) is 0 Å². The van der Waals surface area contributed by atoms with Crippen LogP contribution in [0.4, 0.5) is 0 Å². The molecule has 3 heteroatoms. The first-order valence-corrected chi connectivity index (χ1v) is 12.8. The summed E-state index contributed by atoms with van der Waals surface area (Å²) < 4.78 is 8.70. The highest BCUT2D eigenvalue weighted by atomic mass is 16.3. The summed E-state index contributed by atoms with van der Waals surface area (Å²) in [5.74, 6) is 0.927. The highest BCUT2D eigenvalue weighted by Crippen LogP contribution is 2.41. The van der Waals surface area contributed by atoms with E-state index in [1.807, 2.05) is 24.3 Å². The van der Waals surface area contributed by atoms with Crippen molar-refractivity contribution in [3.8, 4) is 28.2 Å². The molecule has 0 unspecified atom stereocenters. The first-order chi connectivity index (χ1) is 18.8. The number of hydrogen-bond donors (Lipinski definition) is 0. The molecule has 178 valence electrons. The Balaban J connectivity index is 1.35. The largest absolute Gasteiger partial charge is 0.455 e. The molecule has 0 radical (unpaired) electrons. The summed E-state index contributed by atoms with van der Waals surface area (Å²) >= 11 is 0. The lowest BCUT2D eigenvalue weighted by Crippen LogP contribution is -1.97. The van der Waals surface area contributed by atoms with Crippen LogP contribution in [0.25, 0.3) is 71.9 Å². The van der Waals surface area contributed by atoms with E-state index in [2.05, 4.69) is 114 Å². The van der Waals surface area contributed by atoms with Gasteiger partial charge in [0.15, 0.2) is 0 Å². The van der Waals surface area contributed by atoms with E-state index in [1.165, 1.54) is 10.8 Å². The maximum atomic E-state index is 6.46. The van der Waals surface area contributed by atoms with E-state index >= 15 is 0 Å². The zero-order valence-corrected chi connectivity index (χ0v) is 20.5. The molecule has 0 N–H and O–H groups in total. The number of aromatic nitrogens is 2. The van der Waals surface area contributed by atoms with Crippen LogP contribution in [0.1, 0.15) is 0 Å². The van der Waals surface area contributed by atoms with Gasteiger partial charge in [-0.2, -0.15) is 0 Å². The molecule has 3 nitrogen and oxygen atoms in total. The van der Waals surface area contributed by atoms with Crippen molar-refractivity contribution in [3.05, 3.63) is 133 Å². The van der Waals surface area contributed by atoms with Gasteiger partial charge in [-0.25, -0.2) is 4.98 Å². The number of rotatable bonds is 3.